The molecular weight excluding hydrogens is 192 g/mol. The molecule has 2 aliphatic rings. The lowest BCUT2D eigenvalue weighted by Crippen LogP contribution is -1.90. The van der Waals surface area contributed by atoms with Crippen LogP contribution in [0.25, 0.3) is 0 Å². The van der Waals surface area contributed by atoms with Gasteiger partial charge in [-0.15, -0.1) is 0 Å². The number of rotatable bonds is 1. The number of hydrogen-bond acceptors (Lipinski definition) is 0. The van der Waals surface area contributed by atoms with Crippen LogP contribution in [-0.4, -0.2) is 0 Å². The smallest absolute Gasteiger partial charge is 0.0225 e. The molecule has 0 amide bonds. The van der Waals surface area contributed by atoms with Gasteiger partial charge in [-0.3, -0.25) is 0 Å². The molecule has 0 atom stereocenters. The van der Waals surface area contributed by atoms with Crippen molar-refractivity contribution < 1.29 is 0 Å². The fourth-order valence-corrected chi connectivity index (χ4v) is 1.96. The first-order valence-electron chi connectivity index (χ1n) is 6.04. The minimum absolute atomic E-state index is 1.19. The zero-order valence-electron chi connectivity index (χ0n) is 9.60. The molecule has 0 bridgehead atoms. The Morgan fingerprint density at radius 2 is 1.62 bits per heavy atom. The third-order valence-electron chi connectivity index (χ3n) is 2.87. The zero-order valence-corrected chi connectivity index (χ0v) is 9.60. The van der Waals surface area contributed by atoms with Gasteiger partial charge < -0.3 is 0 Å². The summed E-state index contributed by atoms with van der Waals surface area (Å²) < 4.78 is 0. The number of hydrogen-bond donors (Lipinski definition) is 0. The molecule has 0 aliphatic heterocycles. The molecule has 0 aromatic heterocycles. The van der Waals surface area contributed by atoms with Gasteiger partial charge in [-0.05, 0) is 36.8 Å². The maximum atomic E-state index is 2.27. The van der Waals surface area contributed by atoms with Crippen LogP contribution in [0.3, 0.4) is 0 Å². The molecule has 2 rings (SSSR count). The van der Waals surface area contributed by atoms with Gasteiger partial charge in [0, 0.05) is 0 Å². The van der Waals surface area contributed by atoms with E-state index in [1.54, 1.807) is 0 Å². The summed E-state index contributed by atoms with van der Waals surface area (Å²) in [6.07, 6.45) is 26.5. The first-order valence-corrected chi connectivity index (χ1v) is 6.04. The Kier molecular flexibility index (Phi) is 4.18. The maximum absolute atomic E-state index is 2.27. The van der Waals surface area contributed by atoms with Crippen molar-refractivity contribution in [2.24, 2.45) is 0 Å². The lowest BCUT2D eigenvalue weighted by molar-refractivity contribution is 0.742. The van der Waals surface area contributed by atoms with Crippen LogP contribution in [0, 0.1) is 0 Å². The third-order valence-corrected chi connectivity index (χ3v) is 2.87. The van der Waals surface area contributed by atoms with E-state index in [0.29, 0.717) is 0 Å². The van der Waals surface area contributed by atoms with Crippen molar-refractivity contribution >= 4 is 0 Å². The zero-order chi connectivity index (χ0) is 11.1. The summed E-state index contributed by atoms with van der Waals surface area (Å²) in [6, 6.07) is 0. The summed E-state index contributed by atoms with van der Waals surface area (Å²) >= 11 is 0. The van der Waals surface area contributed by atoms with Gasteiger partial charge in [-0.2, -0.15) is 0 Å². The molecule has 82 valence electrons. The highest BCUT2D eigenvalue weighted by atomic mass is 14.1. The molecule has 0 nitrogen and oxygen atoms in total. The van der Waals surface area contributed by atoms with Crippen molar-refractivity contribution in [1.82, 2.24) is 0 Å². The predicted octanol–water partition coefficient (Wildman–Crippen LogP) is 4.65. The Balaban J connectivity index is 2.21. The second-order valence-electron chi connectivity index (χ2n) is 4.12. The highest BCUT2D eigenvalue weighted by molar-refractivity contribution is 5.45. The van der Waals surface area contributed by atoms with Crippen LogP contribution in [0.1, 0.15) is 25.7 Å². The Bertz CT molecular complexity index is 398. The van der Waals surface area contributed by atoms with Crippen molar-refractivity contribution in [3.8, 4) is 0 Å². The first-order chi connectivity index (χ1) is 7.97. The largest absolute Gasteiger partial charge is 0.0845 e. The van der Waals surface area contributed by atoms with Gasteiger partial charge in [0.1, 0.15) is 0 Å². The molecule has 0 saturated heterocycles. The topological polar surface area (TPSA) is 0 Å². The minimum atomic E-state index is 1.19. The van der Waals surface area contributed by atoms with E-state index in [0.717, 1.165) is 0 Å². The van der Waals surface area contributed by atoms with Gasteiger partial charge in [0.2, 0.25) is 0 Å². The summed E-state index contributed by atoms with van der Waals surface area (Å²) in [5.74, 6) is 0. The summed E-state index contributed by atoms with van der Waals surface area (Å²) in [4.78, 5) is 0. The summed E-state index contributed by atoms with van der Waals surface area (Å²) in [7, 11) is 0. The van der Waals surface area contributed by atoms with Crippen molar-refractivity contribution in [3.05, 3.63) is 71.9 Å². The molecule has 0 aromatic rings. The van der Waals surface area contributed by atoms with Gasteiger partial charge in [-0.25, -0.2) is 0 Å². The second-order valence-corrected chi connectivity index (χ2v) is 4.12. The number of allylic oxidation sites excluding steroid dienone is 12. The molecule has 0 N–H and O–H groups in total. The van der Waals surface area contributed by atoms with Crippen LogP contribution < -0.4 is 0 Å². The lowest BCUT2D eigenvalue weighted by atomic mass is 9.96. The molecule has 0 heteroatoms. The fraction of sp³-hybridized carbons (Fsp3) is 0.250. The van der Waals surface area contributed by atoms with Crippen molar-refractivity contribution in [1.29, 1.82) is 0 Å². The maximum Gasteiger partial charge on any atom is -0.0225 e. The van der Waals surface area contributed by atoms with E-state index in [2.05, 4.69) is 60.8 Å². The summed E-state index contributed by atoms with van der Waals surface area (Å²) in [5.41, 5.74) is 2.79. The molecular formula is C16H18. The SMILES string of the molecule is C1=CC=CC(C2=CC=CCCCC2)=CC=C1. The Hall–Kier alpha value is -1.56. The average molecular weight is 210 g/mol. The van der Waals surface area contributed by atoms with Gasteiger partial charge in [0.15, 0.2) is 0 Å². The van der Waals surface area contributed by atoms with Crippen LogP contribution >= 0.6 is 0 Å². The molecule has 16 heavy (non-hydrogen) atoms. The van der Waals surface area contributed by atoms with Crippen molar-refractivity contribution in [3.63, 3.8) is 0 Å². The summed E-state index contributed by atoms with van der Waals surface area (Å²) in [6.45, 7) is 0. The average Bonchev–Trinajstić information content (AvgIpc) is 2.18. The Morgan fingerprint density at radius 3 is 2.62 bits per heavy atom. The molecule has 0 spiro atoms. The molecule has 2 aliphatic carbocycles. The first kappa shape index (κ1) is 10.9. The van der Waals surface area contributed by atoms with Crippen LogP contribution in [0.2, 0.25) is 0 Å². The quantitative estimate of drug-likeness (QED) is 0.591. The Morgan fingerprint density at radius 1 is 0.750 bits per heavy atom. The Labute approximate surface area is 98.1 Å². The molecule has 0 fully saturated rings. The van der Waals surface area contributed by atoms with E-state index < -0.39 is 0 Å². The van der Waals surface area contributed by atoms with Crippen LogP contribution in [0.4, 0.5) is 0 Å². The normalized spacial score (nSPS) is 20.5. The standard InChI is InChI=1S/C16H18/c1-3-7-11-15(12-8-4-1)16-13-9-5-2-6-10-14-16/h1,3-5,7-9,11-13H,2,6,10,14H2. The minimum Gasteiger partial charge on any atom is -0.0845 e. The third kappa shape index (κ3) is 3.23. The van der Waals surface area contributed by atoms with Gasteiger partial charge in [0.05, 0.1) is 0 Å². The van der Waals surface area contributed by atoms with Gasteiger partial charge in [0.25, 0.3) is 0 Å². The van der Waals surface area contributed by atoms with E-state index in [1.807, 2.05) is 0 Å². The van der Waals surface area contributed by atoms with Crippen molar-refractivity contribution in [2.45, 2.75) is 25.7 Å². The van der Waals surface area contributed by atoms with E-state index in [1.165, 1.54) is 36.8 Å². The van der Waals surface area contributed by atoms with Crippen molar-refractivity contribution in [2.75, 3.05) is 0 Å². The predicted molar refractivity (Wildman–Crippen MR) is 71.2 cm³/mol. The van der Waals surface area contributed by atoms with Crippen LogP contribution in [0.15, 0.2) is 71.9 Å². The highest BCUT2D eigenvalue weighted by Gasteiger charge is 2.02. The second kappa shape index (κ2) is 6.12. The van der Waals surface area contributed by atoms with Gasteiger partial charge >= 0.3 is 0 Å². The molecule has 0 aromatic carbocycles. The van der Waals surface area contributed by atoms with Gasteiger partial charge in [-0.1, -0.05) is 60.8 Å². The van der Waals surface area contributed by atoms with E-state index in [9.17, 15) is 0 Å². The summed E-state index contributed by atoms with van der Waals surface area (Å²) in [5, 5.41) is 0. The molecule has 0 radical (unpaired) electrons. The molecule has 0 saturated carbocycles. The molecule has 0 unspecified atom stereocenters. The lowest BCUT2D eigenvalue weighted by Gasteiger charge is -2.10. The van der Waals surface area contributed by atoms with E-state index >= 15 is 0 Å². The van der Waals surface area contributed by atoms with E-state index in [-0.39, 0.29) is 0 Å². The highest BCUT2D eigenvalue weighted by Crippen LogP contribution is 2.22. The van der Waals surface area contributed by atoms with Crippen LogP contribution in [0.5, 0.6) is 0 Å². The fourth-order valence-electron chi connectivity index (χ4n) is 1.96. The van der Waals surface area contributed by atoms with Crippen LogP contribution in [-0.2, 0) is 0 Å². The molecule has 0 heterocycles. The van der Waals surface area contributed by atoms with E-state index in [4.69, 9.17) is 0 Å². The monoisotopic (exact) mass is 210 g/mol.